The van der Waals surface area contributed by atoms with Crippen molar-refractivity contribution in [3.8, 4) is 0 Å². The van der Waals surface area contributed by atoms with Gasteiger partial charge in [0.1, 0.15) is 0 Å². The van der Waals surface area contributed by atoms with Crippen LogP contribution in [0.3, 0.4) is 0 Å². The van der Waals surface area contributed by atoms with Gasteiger partial charge in [-0.3, -0.25) is 0 Å². The van der Waals surface area contributed by atoms with Crippen molar-refractivity contribution in [1.82, 2.24) is 4.98 Å². The van der Waals surface area contributed by atoms with Gasteiger partial charge in [0.25, 0.3) is 0 Å². The van der Waals surface area contributed by atoms with E-state index in [2.05, 4.69) is 48.4 Å². The molecule has 1 aromatic carbocycles. The second-order valence-corrected chi connectivity index (χ2v) is 7.52. The van der Waals surface area contributed by atoms with Gasteiger partial charge in [0.05, 0.1) is 0 Å². The third-order valence-corrected chi connectivity index (χ3v) is 6.14. The van der Waals surface area contributed by atoms with Gasteiger partial charge in [-0.25, -0.2) is 0 Å². The number of hydrogen-bond acceptors (Lipinski definition) is 3. The summed E-state index contributed by atoms with van der Waals surface area (Å²) in [7, 11) is 0. The second kappa shape index (κ2) is 7.26. The third-order valence-electron chi connectivity index (χ3n) is 3.83. The molecule has 2 heterocycles. The van der Waals surface area contributed by atoms with Crippen molar-refractivity contribution in [2.45, 2.75) is 32.3 Å². The quantitative estimate of drug-likeness (QED) is 0.775. The Morgan fingerprint density at radius 1 is 1.19 bits per heavy atom. The summed E-state index contributed by atoms with van der Waals surface area (Å²) in [6.07, 6.45) is 6.10. The van der Waals surface area contributed by atoms with Crippen LogP contribution in [0.5, 0.6) is 0 Å². The first-order chi connectivity index (χ1) is 10.4. The van der Waals surface area contributed by atoms with Gasteiger partial charge in [-0.1, -0.05) is 0 Å². The number of aromatic nitrogens is 1. The summed E-state index contributed by atoms with van der Waals surface area (Å²) in [5, 5.41) is 0. The molecule has 3 rings (SSSR count). The summed E-state index contributed by atoms with van der Waals surface area (Å²) in [6, 6.07) is 10.5. The molecule has 21 heavy (non-hydrogen) atoms. The maximum atomic E-state index is 6.00. The molecule has 1 aromatic heterocycles. The standard InChI is InChI=1S/C17H22N2OSe/c1-2-20-16(14-9-5-3-6-10-14)15-13-18-17(21-15)19-11-7-4-8-12-19/h3,5-6,9-10,13,16H,2,4,7-8,11-12H2,1H3. The minimum atomic E-state index is 0.0715. The zero-order valence-corrected chi connectivity index (χ0v) is 14.2. The second-order valence-electron chi connectivity index (χ2n) is 5.34. The van der Waals surface area contributed by atoms with Crippen molar-refractivity contribution in [2.75, 3.05) is 24.6 Å². The van der Waals surface area contributed by atoms with Crippen molar-refractivity contribution in [2.24, 2.45) is 0 Å². The molecule has 1 fully saturated rings. The van der Waals surface area contributed by atoms with Gasteiger partial charge in [0.2, 0.25) is 0 Å². The third kappa shape index (κ3) is 3.57. The van der Waals surface area contributed by atoms with Crippen LogP contribution in [0.2, 0.25) is 0 Å². The Labute approximate surface area is 132 Å². The van der Waals surface area contributed by atoms with E-state index in [-0.39, 0.29) is 6.10 Å². The molecule has 0 bridgehead atoms. The summed E-state index contributed by atoms with van der Waals surface area (Å²) >= 11 is 0.299. The van der Waals surface area contributed by atoms with Crippen LogP contribution >= 0.6 is 0 Å². The fourth-order valence-corrected chi connectivity index (χ4v) is 4.96. The summed E-state index contributed by atoms with van der Waals surface area (Å²) in [5.41, 5.74) is 1.24. The first-order valence-electron chi connectivity index (χ1n) is 7.75. The molecule has 0 N–H and O–H groups in total. The van der Waals surface area contributed by atoms with Crippen molar-refractivity contribution in [1.29, 1.82) is 0 Å². The molecule has 4 heteroatoms. The molecular formula is C17H22N2OSe. The topological polar surface area (TPSA) is 25.4 Å². The Balaban J connectivity index is 1.81. The van der Waals surface area contributed by atoms with E-state index in [4.69, 9.17) is 9.72 Å². The van der Waals surface area contributed by atoms with E-state index in [0.717, 1.165) is 6.61 Å². The molecule has 3 nitrogen and oxygen atoms in total. The zero-order valence-electron chi connectivity index (χ0n) is 12.5. The Bertz CT molecular complexity index is 549. The molecule has 0 amide bonds. The fourth-order valence-electron chi connectivity index (χ4n) is 2.77. The first kappa shape index (κ1) is 14.8. The van der Waals surface area contributed by atoms with Crippen LogP contribution in [0.1, 0.15) is 42.3 Å². The van der Waals surface area contributed by atoms with Crippen LogP contribution in [0, 0.1) is 0 Å². The molecule has 0 radical (unpaired) electrons. The van der Waals surface area contributed by atoms with E-state index < -0.39 is 0 Å². The molecule has 1 saturated heterocycles. The van der Waals surface area contributed by atoms with Crippen LogP contribution in [-0.4, -0.2) is 39.2 Å². The van der Waals surface area contributed by atoms with Gasteiger partial charge in [0, 0.05) is 0 Å². The van der Waals surface area contributed by atoms with Gasteiger partial charge in [-0.05, 0) is 0 Å². The molecule has 1 aliphatic heterocycles. The molecule has 0 aliphatic carbocycles. The van der Waals surface area contributed by atoms with E-state index in [9.17, 15) is 0 Å². The number of nitrogens with zero attached hydrogens (tertiary/aromatic N) is 2. The molecular weight excluding hydrogens is 327 g/mol. The maximum absolute atomic E-state index is 6.00. The van der Waals surface area contributed by atoms with Crippen molar-refractivity contribution >= 4 is 19.2 Å². The van der Waals surface area contributed by atoms with E-state index in [0.29, 0.717) is 14.5 Å². The zero-order chi connectivity index (χ0) is 14.5. The van der Waals surface area contributed by atoms with E-state index in [1.54, 1.807) is 0 Å². The van der Waals surface area contributed by atoms with Crippen LogP contribution in [-0.2, 0) is 4.74 Å². The molecule has 112 valence electrons. The van der Waals surface area contributed by atoms with E-state index in [1.165, 1.54) is 47.0 Å². The Kier molecular flexibility index (Phi) is 5.13. The van der Waals surface area contributed by atoms with Crippen LogP contribution in [0.25, 0.3) is 0 Å². The van der Waals surface area contributed by atoms with Crippen LogP contribution in [0.4, 0.5) is 4.69 Å². The predicted molar refractivity (Wildman–Crippen MR) is 87.2 cm³/mol. The van der Waals surface area contributed by atoms with E-state index in [1.807, 2.05) is 0 Å². The van der Waals surface area contributed by atoms with Crippen LogP contribution in [0.15, 0.2) is 36.5 Å². The van der Waals surface area contributed by atoms with Gasteiger partial charge in [0.15, 0.2) is 0 Å². The molecule has 0 spiro atoms. The van der Waals surface area contributed by atoms with Crippen molar-refractivity contribution in [3.63, 3.8) is 0 Å². The SMILES string of the molecule is CCOC(c1ccccc1)c1cnc(N2CCCCC2)[se]1. The van der Waals surface area contributed by atoms with Gasteiger partial charge in [-0.2, -0.15) is 0 Å². The van der Waals surface area contributed by atoms with Gasteiger partial charge >= 0.3 is 132 Å². The molecule has 1 atom stereocenters. The number of ether oxygens (including phenoxy) is 1. The molecule has 2 aromatic rings. The van der Waals surface area contributed by atoms with Gasteiger partial charge in [-0.15, -0.1) is 0 Å². The summed E-state index contributed by atoms with van der Waals surface area (Å²) in [5.74, 6) is 0. The number of piperidine rings is 1. The average molecular weight is 349 g/mol. The minimum absolute atomic E-state index is 0.0715. The molecule has 1 aliphatic rings. The molecule has 1 unspecified atom stereocenters. The monoisotopic (exact) mass is 350 g/mol. The van der Waals surface area contributed by atoms with Crippen molar-refractivity contribution < 1.29 is 4.74 Å². The fraction of sp³-hybridized carbons (Fsp3) is 0.471. The number of anilines is 1. The Morgan fingerprint density at radius 2 is 1.95 bits per heavy atom. The Hall–Kier alpha value is -1.09. The van der Waals surface area contributed by atoms with Gasteiger partial charge < -0.3 is 0 Å². The number of rotatable bonds is 5. The number of hydrogen-bond donors (Lipinski definition) is 0. The van der Waals surface area contributed by atoms with Crippen molar-refractivity contribution in [3.05, 3.63) is 46.5 Å². The summed E-state index contributed by atoms with van der Waals surface area (Å²) in [4.78, 5) is 7.17. The number of benzene rings is 1. The molecule has 0 saturated carbocycles. The normalized spacial score (nSPS) is 16.9. The first-order valence-corrected chi connectivity index (χ1v) is 9.47. The average Bonchev–Trinajstić information content (AvgIpc) is 3.04. The van der Waals surface area contributed by atoms with E-state index >= 15 is 0 Å². The summed E-state index contributed by atoms with van der Waals surface area (Å²) < 4.78 is 8.64. The Morgan fingerprint density at radius 3 is 2.67 bits per heavy atom. The summed E-state index contributed by atoms with van der Waals surface area (Å²) in [6.45, 7) is 5.13. The van der Waals surface area contributed by atoms with Crippen LogP contribution < -0.4 is 4.90 Å². The predicted octanol–water partition coefficient (Wildman–Crippen LogP) is 3.25.